The minimum Gasteiger partial charge on any atom is -0.341 e. The number of piperidine rings is 1. The number of benzene rings is 2. The quantitative estimate of drug-likeness (QED) is 0.405. The average Bonchev–Trinajstić information content (AvgIpc) is 3.45. The molecule has 2 aromatic carbocycles. The molecule has 2 aliphatic rings. The molecule has 0 radical (unpaired) electrons. The fraction of sp³-hybridized carbons (Fsp3) is 0.533. The molecule has 0 unspecified atom stereocenters. The van der Waals surface area contributed by atoms with Crippen LogP contribution in [0, 0.1) is 11.7 Å². The van der Waals surface area contributed by atoms with Crippen LogP contribution in [0.25, 0.3) is 0 Å². The van der Waals surface area contributed by atoms with E-state index in [1.807, 2.05) is 18.0 Å². The van der Waals surface area contributed by atoms with Crippen LogP contribution in [-0.4, -0.2) is 67.6 Å². The van der Waals surface area contributed by atoms with Gasteiger partial charge in [-0.1, -0.05) is 42.3 Å². The first kappa shape index (κ1) is 29.6. The van der Waals surface area contributed by atoms with Crippen molar-refractivity contribution in [3.8, 4) is 0 Å². The highest BCUT2D eigenvalue weighted by atomic mass is 35.5. The Bertz CT molecular complexity index is 1150. The lowest BCUT2D eigenvalue weighted by Gasteiger charge is -2.36. The van der Waals surface area contributed by atoms with Gasteiger partial charge in [0, 0.05) is 42.6 Å². The van der Waals surface area contributed by atoms with E-state index in [2.05, 4.69) is 29.7 Å². The third-order valence-corrected chi connectivity index (χ3v) is 8.49. The van der Waals surface area contributed by atoms with E-state index in [-0.39, 0.29) is 23.4 Å². The Hall–Kier alpha value is -2.35. The second kappa shape index (κ2) is 13.8. The third-order valence-electron chi connectivity index (χ3n) is 7.90. The lowest BCUT2D eigenvalue weighted by atomic mass is 9.84. The van der Waals surface area contributed by atoms with E-state index >= 15 is 0 Å². The van der Waals surface area contributed by atoms with Crippen LogP contribution in [0.1, 0.15) is 55.2 Å². The summed E-state index contributed by atoms with van der Waals surface area (Å²) in [7, 11) is 1.97. The van der Waals surface area contributed by atoms with Crippen molar-refractivity contribution >= 4 is 35.1 Å². The number of carbonyl (C=O) groups is 2. The van der Waals surface area contributed by atoms with Crippen molar-refractivity contribution in [3.63, 3.8) is 0 Å². The molecule has 0 aromatic heterocycles. The van der Waals surface area contributed by atoms with Crippen molar-refractivity contribution in [2.75, 3.05) is 39.8 Å². The Kier molecular flexibility index (Phi) is 10.5. The minimum absolute atomic E-state index is 0.125. The van der Waals surface area contributed by atoms with Gasteiger partial charge < -0.3 is 20.4 Å². The first-order chi connectivity index (χ1) is 18.7. The topological polar surface area (TPSA) is 64.7 Å². The Morgan fingerprint density at radius 2 is 1.69 bits per heavy atom. The van der Waals surface area contributed by atoms with Crippen LogP contribution in [0.15, 0.2) is 36.4 Å². The van der Waals surface area contributed by atoms with Gasteiger partial charge in [-0.3, -0.25) is 4.79 Å². The number of amides is 3. The van der Waals surface area contributed by atoms with Crippen molar-refractivity contribution in [1.82, 2.24) is 20.4 Å². The van der Waals surface area contributed by atoms with E-state index in [1.165, 1.54) is 23.3 Å². The summed E-state index contributed by atoms with van der Waals surface area (Å²) in [6.45, 7) is 5.74. The van der Waals surface area contributed by atoms with Crippen molar-refractivity contribution in [2.24, 2.45) is 5.92 Å². The van der Waals surface area contributed by atoms with Crippen molar-refractivity contribution in [2.45, 2.75) is 57.4 Å². The molecule has 2 aliphatic heterocycles. The van der Waals surface area contributed by atoms with Crippen LogP contribution >= 0.6 is 23.2 Å². The molecule has 3 amide bonds. The van der Waals surface area contributed by atoms with Crippen molar-refractivity contribution in [1.29, 1.82) is 0 Å². The number of likely N-dealkylation sites (tertiary alicyclic amines) is 2. The normalized spacial score (nSPS) is 17.8. The Morgan fingerprint density at radius 3 is 2.36 bits per heavy atom. The van der Waals surface area contributed by atoms with Gasteiger partial charge in [-0.05, 0) is 98.5 Å². The van der Waals surface area contributed by atoms with Crippen LogP contribution in [0.3, 0.4) is 0 Å². The molecule has 2 saturated heterocycles. The van der Waals surface area contributed by atoms with Gasteiger partial charge in [0.05, 0.1) is 0 Å². The zero-order valence-electron chi connectivity index (χ0n) is 22.8. The molecule has 0 bridgehead atoms. The number of carbonyl (C=O) groups excluding carboxylic acids is 2. The lowest BCUT2D eigenvalue weighted by molar-refractivity contribution is -0.134. The van der Waals surface area contributed by atoms with Crippen molar-refractivity contribution in [3.05, 3.63) is 69.0 Å². The van der Waals surface area contributed by atoms with E-state index in [0.29, 0.717) is 43.6 Å². The SMILES string of the molecule is CNC[C@H](C)Cc1cc(Cl)ccc1C1CCN(C(=O)[C@@H](Cc2ccc(F)cc2Cl)NC(=O)N2CCCC2)CC1. The summed E-state index contributed by atoms with van der Waals surface area (Å²) in [6.07, 6.45) is 4.75. The van der Waals surface area contributed by atoms with Gasteiger partial charge in [-0.2, -0.15) is 0 Å². The van der Waals surface area contributed by atoms with Gasteiger partial charge in [0.1, 0.15) is 11.9 Å². The molecule has 0 aliphatic carbocycles. The number of rotatable bonds is 9. The zero-order valence-corrected chi connectivity index (χ0v) is 24.3. The first-order valence-corrected chi connectivity index (χ1v) is 14.7. The lowest BCUT2D eigenvalue weighted by Crippen LogP contribution is -2.54. The maximum Gasteiger partial charge on any atom is 0.318 e. The predicted molar refractivity (Wildman–Crippen MR) is 155 cm³/mol. The summed E-state index contributed by atoms with van der Waals surface area (Å²) >= 11 is 12.6. The minimum atomic E-state index is -0.772. The number of hydrogen-bond donors (Lipinski definition) is 2. The summed E-state index contributed by atoms with van der Waals surface area (Å²) in [6, 6.07) is 9.33. The summed E-state index contributed by atoms with van der Waals surface area (Å²) in [5.74, 6) is 0.261. The monoisotopic (exact) mass is 576 g/mol. The number of nitrogens with one attached hydrogen (secondary N) is 2. The van der Waals surface area contributed by atoms with E-state index in [1.54, 1.807) is 11.0 Å². The van der Waals surface area contributed by atoms with E-state index in [0.717, 1.165) is 43.7 Å². The molecule has 2 N–H and O–H groups in total. The maximum atomic E-state index is 13.8. The van der Waals surface area contributed by atoms with Crippen LogP contribution in [0.2, 0.25) is 10.0 Å². The molecule has 0 saturated carbocycles. The molecule has 39 heavy (non-hydrogen) atoms. The zero-order chi connectivity index (χ0) is 27.9. The number of urea groups is 1. The first-order valence-electron chi connectivity index (χ1n) is 14.0. The van der Waals surface area contributed by atoms with E-state index in [4.69, 9.17) is 23.2 Å². The molecule has 0 spiro atoms. The van der Waals surface area contributed by atoms with Gasteiger partial charge in [0.15, 0.2) is 0 Å². The second-order valence-electron chi connectivity index (χ2n) is 10.9. The third kappa shape index (κ3) is 7.86. The predicted octanol–water partition coefficient (Wildman–Crippen LogP) is 5.65. The molecule has 212 valence electrons. The Labute approximate surface area is 241 Å². The fourth-order valence-electron chi connectivity index (χ4n) is 5.84. The van der Waals surface area contributed by atoms with E-state index < -0.39 is 11.9 Å². The summed E-state index contributed by atoms with van der Waals surface area (Å²) < 4.78 is 13.6. The molecule has 2 fully saturated rings. The summed E-state index contributed by atoms with van der Waals surface area (Å²) in [5.41, 5.74) is 3.22. The summed E-state index contributed by atoms with van der Waals surface area (Å²) in [5, 5.41) is 7.21. The molecule has 6 nitrogen and oxygen atoms in total. The van der Waals surface area contributed by atoms with Crippen LogP contribution < -0.4 is 10.6 Å². The highest BCUT2D eigenvalue weighted by Crippen LogP contribution is 2.33. The summed E-state index contributed by atoms with van der Waals surface area (Å²) in [4.78, 5) is 30.3. The van der Waals surface area contributed by atoms with Gasteiger partial charge >= 0.3 is 6.03 Å². The smallest absolute Gasteiger partial charge is 0.318 e. The van der Waals surface area contributed by atoms with Gasteiger partial charge in [-0.25, -0.2) is 9.18 Å². The van der Waals surface area contributed by atoms with Gasteiger partial charge in [0.2, 0.25) is 5.91 Å². The molecule has 4 rings (SSSR count). The van der Waals surface area contributed by atoms with Crippen LogP contribution in [0.4, 0.5) is 9.18 Å². The molecular formula is C30H39Cl2FN4O2. The van der Waals surface area contributed by atoms with Gasteiger partial charge in [0.25, 0.3) is 0 Å². The Morgan fingerprint density at radius 1 is 0.974 bits per heavy atom. The highest BCUT2D eigenvalue weighted by Gasteiger charge is 2.32. The second-order valence-corrected chi connectivity index (χ2v) is 11.8. The van der Waals surface area contributed by atoms with Crippen LogP contribution in [-0.2, 0) is 17.6 Å². The maximum absolute atomic E-state index is 13.8. The fourth-order valence-corrected chi connectivity index (χ4v) is 6.28. The number of nitrogens with zero attached hydrogens (tertiary/aromatic N) is 2. The Balaban J connectivity index is 1.46. The molecule has 9 heteroatoms. The molecule has 2 aromatic rings. The van der Waals surface area contributed by atoms with E-state index in [9.17, 15) is 14.0 Å². The standard InChI is InChI=1S/C30H39Cl2FN4O2/c1-20(19-34-2)15-23-16-24(31)6-8-26(23)21-9-13-36(14-10-21)29(38)28(35-30(39)37-11-3-4-12-37)17-22-5-7-25(33)18-27(22)32/h5-8,16,18,20-21,28,34H,3-4,9-15,17,19H2,1-2H3,(H,35,39)/t20-,28-/m1/s1. The molecular weight excluding hydrogens is 538 g/mol. The van der Waals surface area contributed by atoms with Crippen LogP contribution in [0.5, 0.6) is 0 Å². The van der Waals surface area contributed by atoms with Crippen molar-refractivity contribution < 1.29 is 14.0 Å². The highest BCUT2D eigenvalue weighted by molar-refractivity contribution is 6.31. The largest absolute Gasteiger partial charge is 0.341 e. The molecule has 2 heterocycles. The average molecular weight is 578 g/mol. The van der Waals surface area contributed by atoms with Gasteiger partial charge in [-0.15, -0.1) is 0 Å². The number of hydrogen-bond acceptors (Lipinski definition) is 3. The number of halogens is 3. The molecule has 2 atom stereocenters.